The third kappa shape index (κ3) is 15.2. The molecule has 0 atom stereocenters. The summed E-state index contributed by atoms with van der Waals surface area (Å²) < 4.78 is 63.5. The summed E-state index contributed by atoms with van der Waals surface area (Å²) in [7, 11) is -0.966. The van der Waals surface area contributed by atoms with E-state index in [1.807, 2.05) is 0 Å². The van der Waals surface area contributed by atoms with Gasteiger partial charge in [-0.3, -0.25) is 0 Å². The van der Waals surface area contributed by atoms with Crippen molar-refractivity contribution in [3.8, 4) is 0 Å². The minimum absolute atomic E-state index is 0.483. The van der Waals surface area contributed by atoms with Crippen LogP contribution < -0.4 is 31.8 Å². The van der Waals surface area contributed by atoms with Crippen LogP contribution in [0.3, 0.4) is 0 Å². The number of aliphatic carboxylic acids is 2. The molecule has 0 saturated heterocycles. The monoisotopic (exact) mass is 836 g/mol. The number of benzene rings is 6. The van der Waals surface area contributed by atoms with Crippen molar-refractivity contribution in [1.82, 2.24) is 0 Å². The Kier molecular flexibility index (Phi) is 17.4. The smallest absolute Gasteiger partial charge is 0.475 e. The first-order valence-corrected chi connectivity index (χ1v) is 20.4. The summed E-state index contributed by atoms with van der Waals surface area (Å²) in [6, 6.07) is 53.9. The first-order chi connectivity index (χ1) is 27.1. The molecule has 6 aromatic rings. The average molecular weight is 837 g/mol. The summed E-state index contributed by atoms with van der Waals surface area (Å²) >= 11 is 0. The molecular weight excluding hydrogens is 792 g/mol. The van der Waals surface area contributed by atoms with E-state index in [0.29, 0.717) is 0 Å². The predicted octanol–water partition coefficient (Wildman–Crippen LogP) is 10.0. The Bertz CT molecular complexity index is 1810. The highest BCUT2D eigenvalue weighted by Crippen LogP contribution is 2.34. The van der Waals surface area contributed by atoms with Crippen LogP contribution in [0.4, 0.5) is 26.3 Å². The number of hydrogen-bond donors (Lipinski definition) is 2. The van der Waals surface area contributed by atoms with Crippen molar-refractivity contribution in [2.24, 2.45) is 0 Å². The van der Waals surface area contributed by atoms with Gasteiger partial charge in [-0.25, -0.2) is 9.59 Å². The fraction of sp³-hybridized carbons (Fsp3) is 0.174. The van der Waals surface area contributed by atoms with Crippen molar-refractivity contribution in [3.05, 3.63) is 179 Å². The maximum absolute atomic E-state index is 10.6. The van der Waals surface area contributed by atoms with Gasteiger partial charge in [0.05, 0.1) is 0 Å². The van der Waals surface area contributed by atoms with Gasteiger partial charge in [-0.1, -0.05) is 179 Å². The number of carboxylic acid groups (broad SMARTS) is 2. The lowest BCUT2D eigenvalue weighted by atomic mass is 10.2. The van der Waals surface area contributed by atoms with Gasteiger partial charge in [-0.2, -0.15) is 26.3 Å². The second-order valence-electron chi connectivity index (χ2n) is 13.3. The molecule has 0 unspecified atom stereocenters. The SMILES string of the molecule is Cc1ccc(P(c2ccc(C)cc2)c2ccc(C)cc2)cc1.Cc1ccc(P(c2ccc(C)cc2)c2ccc(C)cc2)cc1.O=C(O)C(F)(F)F.O=C(O)C(F)(F)F. The minimum atomic E-state index is -5.08. The number of aryl methyl sites for hydroxylation is 6. The number of hydrogen-bond acceptors (Lipinski definition) is 2. The molecule has 12 heteroatoms. The van der Waals surface area contributed by atoms with Crippen LogP contribution in [0.2, 0.25) is 0 Å². The van der Waals surface area contributed by atoms with Crippen LogP contribution in [0.15, 0.2) is 146 Å². The molecule has 0 radical (unpaired) electrons. The predicted molar refractivity (Wildman–Crippen MR) is 226 cm³/mol. The van der Waals surface area contributed by atoms with Gasteiger partial charge in [0, 0.05) is 0 Å². The standard InChI is InChI=1S/2C21H21P.2C2HF3O2/c2*1-16-4-10-19(11-5-16)22(20-12-6-17(2)7-13-20)21-14-8-18(3)9-15-21;2*3-2(4,5)1(6)7/h2*4-15H,1-3H3;2*(H,6,7). The lowest BCUT2D eigenvalue weighted by Crippen LogP contribution is -2.21. The van der Waals surface area contributed by atoms with E-state index in [4.69, 9.17) is 19.8 Å². The summed E-state index contributed by atoms with van der Waals surface area (Å²) in [6.07, 6.45) is -10.2. The Balaban J connectivity index is 0.000000235. The van der Waals surface area contributed by atoms with E-state index in [0.717, 1.165) is 0 Å². The Labute approximate surface area is 337 Å². The van der Waals surface area contributed by atoms with Gasteiger partial charge in [-0.15, -0.1) is 0 Å². The van der Waals surface area contributed by atoms with Gasteiger partial charge in [0.25, 0.3) is 0 Å². The van der Waals surface area contributed by atoms with Crippen LogP contribution in [-0.4, -0.2) is 34.5 Å². The van der Waals surface area contributed by atoms with E-state index in [-0.39, 0.29) is 0 Å². The van der Waals surface area contributed by atoms with E-state index in [1.165, 1.54) is 65.2 Å². The molecular formula is C46H44F6O4P2. The number of rotatable bonds is 6. The third-order valence-corrected chi connectivity index (χ3v) is 13.1. The number of halogens is 6. The molecule has 0 bridgehead atoms. The maximum Gasteiger partial charge on any atom is 0.490 e. The molecule has 0 fully saturated rings. The van der Waals surface area contributed by atoms with Crippen LogP contribution >= 0.6 is 15.8 Å². The van der Waals surface area contributed by atoms with Crippen molar-refractivity contribution < 1.29 is 46.1 Å². The van der Waals surface area contributed by atoms with Gasteiger partial charge >= 0.3 is 24.3 Å². The van der Waals surface area contributed by atoms with E-state index >= 15 is 0 Å². The molecule has 0 aromatic heterocycles. The highest BCUT2D eigenvalue weighted by atomic mass is 31.1. The Morgan fingerprint density at radius 3 is 0.517 bits per heavy atom. The summed E-state index contributed by atoms with van der Waals surface area (Å²) in [4.78, 5) is 17.8. The van der Waals surface area contributed by atoms with Crippen molar-refractivity contribution in [3.63, 3.8) is 0 Å². The molecule has 0 aliphatic carbocycles. The first-order valence-electron chi connectivity index (χ1n) is 17.8. The fourth-order valence-corrected chi connectivity index (χ4v) is 9.53. The molecule has 0 aliphatic rings. The van der Waals surface area contributed by atoms with Crippen molar-refractivity contribution >= 4 is 59.6 Å². The van der Waals surface area contributed by atoms with Gasteiger partial charge in [0.2, 0.25) is 0 Å². The lowest BCUT2D eigenvalue weighted by Gasteiger charge is -2.20. The van der Waals surface area contributed by atoms with Gasteiger partial charge in [0.15, 0.2) is 0 Å². The molecule has 4 nitrogen and oxygen atoms in total. The zero-order valence-electron chi connectivity index (χ0n) is 32.7. The second kappa shape index (κ2) is 21.5. The molecule has 304 valence electrons. The molecule has 2 N–H and O–H groups in total. The zero-order valence-corrected chi connectivity index (χ0v) is 34.5. The normalized spacial score (nSPS) is 11.0. The Hall–Kier alpha value is -5.30. The molecule has 0 heterocycles. The molecule has 6 rings (SSSR count). The van der Waals surface area contributed by atoms with Gasteiger partial charge < -0.3 is 10.2 Å². The van der Waals surface area contributed by atoms with E-state index in [1.54, 1.807) is 0 Å². The summed E-state index contributed by atoms with van der Waals surface area (Å²) in [5.41, 5.74) is 7.87. The fourth-order valence-electron chi connectivity index (χ4n) is 5.06. The van der Waals surface area contributed by atoms with Crippen LogP contribution in [0, 0.1) is 41.5 Å². The highest BCUT2D eigenvalue weighted by Gasteiger charge is 2.38. The van der Waals surface area contributed by atoms with E-state index in [2.05, 4.69) is 187 Å². The molecule has 0 amide bonds. The lowest BCUT2D eigenvalue weighted by molar-refractivity contribution is -0.193. The minimum Gasteiger partial charge on any atom is -0.475 e. The Morgan fingerprint density at radius 2 is 0.431 bits per heavy atom. The summed E-state index contributed by atoms with van der Waals surface area (Å²) in [6.45, 7) is 12.9. The average Bonchev–Trinajstić information content (AvgIpc) is 3.16. The first kappa shape index (κ1) is 47.1. The van der Waals surface area contributed by atoms with Gasteiger partial charge in [0.1, 0.15) is 0 Å². The largest absolute Gasteiger partial charge is 0.490 e. The topological polar surface area (TPSA) is 74.6 Å². The highest BCUT2D eigenvalue weighted by molar-refractivity contribution is 7.80. The van der Waals surface area contributed by atoms with Crippen molar-refractivity contribution in [2.75, 3.05) is 0 Å². The van der Waals surface area contributed by atoms with Crippen molar-refractivity contribution in [2.45, 2.75) is 53.9 Å². The summed E-state index contributed by atoms with van der Waals surface area (Å²) in [5, 5.41) is 22.7. The van der Waals surface area contributed by atoms with Crippen LogP contribution in [0.5, 0.6) is 0 Å². The van der Waals surface area contributed by atoms with Crippen LogP contribution in [0.1, 0.15) is 33.4 Å². The van der Waals surface area contributed by atoms with Crippen molar-refractivity contribution in [1.29, 1.82) is 0 Å². The maximum atomic E-state index is 10.6. The molecule has 0 saturated carbocycles. The third-order valence-electron chi connectivity index (χ3n) is 8.24. The Morgan fingerprint density at radius 1 is 0.328 bits per heavy atom. The molecule has 58 heavy (non-hydrogen) atoms. The van der Waals surface area contributed by atoms with Crippen LogP contribution in [0.25, 0.3) is 0 Å². The second-order valence-corrected chi connectivity index (χ2v) is 17.7. The number of carboxylic acids is 2. The zero-order chi connectivity index (χ0) is 43.2. The summed E-state index contributed by atoms with van der Waals surface area (Å²) in [5.74, 6) is -5.51. The van der Waals surface area contributed by atoms with Gasteiger partial charge in [-0.05, 0) is 89.2 Å². The van der Waals surface area contributed by atoms with Crippen LogP contribution in [-0.2, 0) is 9.59 Å². The number of carbonyl (C=O) groups is 2. The van der Waals surface area contributed by atoms with E-state index in [9.17, 15) is 26.3 Å². The molecule has 6 aromatic carbocycles. The van der Waals surface area contributed by atoms with E-state index < -0.39 is 40.1 Å². The number of alkyl halides is 6. The molecule has 0 spiro atoms. The quantitative estimate of drug-likeness (QED) is 0.130. The molecule has 0 aliphatic heterocycles.